The summed E-state index contributed by atoms with van der Waals surface area (Å²) >= 11 is 1.90. The van der Waals surface area contributed by atoms with Crippen LogP contribution in [0, 0.1) is 0 Å². The highest BCUT2D eigenvalue weighted by Crippen LogP contribution is 2.28. The van der Waals surface area contributed by atoms with Crippen LogP contribution in [0.1, 0.15) is 29.6 Å². The minimum absolute atomic E-state index is 0.0169. The summed E-state index contributed by atoms with van der Waals surface area (Å²) in [4.78, 5) is 12.2. The zero-order valence-electron chi connectivity index (χ0n) is 10.8. The number of hydrogen-bond donors (Lipinski definition) is 2. The summed E-state index contributed by atoms with van der Waals surface area (Å²) in [6, 6.07) is 5.96. The second-order valence-corrected chi connectivity index (χ2v) is 6.15. The Labute approximate surface area is 116 Å². The van der Waals surface area contributed by atoms with Crippen LogP contribution in [0.25, 0.3) is 10.9 Å². The Morgan fingerprint density at radius 1 is 1.47 bits per heavy atom. The van der Waals surface area contributed by atoms with E-state index in [1.165, 1.54) is 6.42 Å². The first-order valence-corrected chi connectivity index (χ1v) is 7.82. The van der Waals surface area contributed by atoms with Gasteiger partial charge in [0.15, 0.2) is 0 Å². The zero-order valence-corrected chi connectivity index (χ0v) is 11.7. The molecule has 2 aromatic rings. The second-order valence-electron chi connectivity index (χ2n) is 5.01. The first kappa shape index (κ1) is 12.5. The maximum atomic E-state index is 12.2. The molecule has 1 aromatic heterocycles. The fourth-order valence-corrected chi connectivity index (χ4v) is 3.43. The largest absolute Gasteiger partial charge is 0.349 e. The van der Waals surface area contributed by atoms with Crippen LogP contribution >= 0.6 is 11.8 Å². The fraction of sp³-hybridized carbons (Fsp3) is 0.429. The fourth-order valence-electron chi connectivity index (χ4n) is 2.63. The van der Waals surface area contributed by atoms with Crippen molar-refractivity contribution in [1.82, 2.24) is 15.5 Å². The minimum Gasteiger partial charge on any atom is -0.349 e. The van der Waals surface area contributed by atoms with Gasteiger partial charge in [0.25, 0.3) is 5.91 Å². The summed E-state index contributed by atoms with van der Waals surface area (Å²) in [5.74, 6) is 0.0169. The molecule has 1 amide bonds. The molecule has 0 radical (unpaired) electrons. The van der Waals surface area contributed by atoms with Crippen LogP contribution in [-0.4, -0.2) is 33.7 Å². The molecule has 2 unspecified atom stereocenters. The van der Waals surface area contributed by atoms with Crippen molar-refractivity contribution in [2.24, 2.45) is 0 Å². The monoisotopic (exact) mass is 275 g/mol. The molecule has 0 spiro atoms. The third-order valence-electron chi connectivity index (χ3n) is 3.76. The molecule has 0 saturated heterocycles. The van der Waals surface area contributed by atoms with Crippen LogP contribution in [0.15, 0.2) is 24.4 Å². The van der Waals surface area contributed by atoms with E-state index in [4.69, 9.17) is 0 Å². The smallest absolute Gasteiger partial charge is 0.251 e. The Hall–Kier alpha value is -1.49. The third-order valence-corrected chi connectivity index (χ3v) is 4.85. The van der Waals surface area contributed by atoms with Crippen molar-refractivity contribution in [3.05, 3.63) is 30.0 Å². The Kier molecular flexibility index (Phi) is 3.46. The molecule has 1 aromatic carbocycles. The number of rotatable bonds is 3. The van der Waals surface area contributed by atoms with E-state index in [0.717, 1.165) is 23.7 Å². The highest BCUT2D eigenvalue weighted by molar-refractivity contribution is 7.99. The van der Waals surface area contributed by atoms with Gasteiger partial charge in [-0.3, -0.25) is 9.89 Å². The van der Waals surface area contributed by atoms with Crippen LogP contribution in [0.3, 0.4) is 0 Å². The molecule has 4 nitrogen and oxygen atoms in total. The lowest BCUT2D eigenvalue weighted by molar-refractivity contribution is 0.0938. The molecule has 1 heterocycles. The molecule has 5 heteroatoms. The van der Waals surface area contributed by atoms with Crippen molar-refractivity contribution in [2.45, 2.75) is 30.6 Å². The van der Waals surface area contributed by atoms with Crippen molar-refractivity contribution in [3.63, 3.8) is 0 Å². The van der Waals surface area contributed by atoms with Gasteiger partial charge < -0.3 is 5.32 Å². The number of thioether (sulfide) groups is 1. The average Bonchev–Trinajstić information content (AvgIpc) is 3.05. The number of nitrogens with one attached hydrogen (secondary N) is 2. The van der Waals surface area contributed by atoms with Gasteiger partial charge in [-0.05, 0) is 37.7 Å². The SMILES string of the molecule is CSC1CCC(NC(=O)c2ccc3cn[nH]c3c2)C1. The number of hydrogen-bond acceptors (Lipinski definition) is 3. The molecule has 100 valence electrons. The van der Waals surface area contributed by atoms with Crippen molar-refractivity contribution in [1.29, 1.82) is 0 Å². The second kappa shape index (κ2) is 5.25. The van der Waals surface area contributed by atoms with Gasteiger partial charge in [0.05, 0.1) is 11.7 Å². The van der Waals surface area contributed by atoms with Crippen LogP contribution in [0.5, 0.6) is 0 Å². The molecule has 19 heavy (non-hydrogen) atoms. The van der Waals surface area contributed by atoms with Gasteiger partial charge in [0.2, 0.25) is 0 Å². The van der Waals surface area contributed by atoms with Gasteiger partial charge in [-0.15, -0.1) is 0 Å². The van der Waals surface area contributed by atoms with Gasteiger partial charge in [-0.1, -0.05) is 6.07 Å². The van der Waals surface area contributed by atoms with Crippen molar-refractivity contribution >= 4 is 28.6 Å². The first-order chi connectivity index (χ1) is 9.26. The molecule has 1 aliphatic carbocycles. The topological polar surface area (TPSA) is 57.8 Å². The van der Waals surface area contributed by atoms with Crippen LogP contribution < -0.4 is 5.32 Å². The van der Waals surface area contributed by atoms with E-state index in [1.807, 2.05) is 30.0 Å². The van der Waals surface area contributed by atoms with Crippen LogP contribution in [0.2, 0.25) is 0 Å². The Morgan fingerprint density at radius 2 is 2.37 bits per heavy atom. The van der Waals surface area contributed by atoms with E-state index in [9.17, 15) is 4.79 Å². The molecule has 1 saturated carbocycles. The quantitative estimate of drug-likeness (QED) is 0.905. The average molecular weight is 275 g/mol. The predicted octanol–water partition coefficient (Wildman–Crippen LogP) is 2.58. The predicted molar refractivity (Wildman–Crippen MR) is 78.5 cm³/mol. The Bertz CT molecular complexity index is 595. The minimum atomic E-state index is 0.0169. The molecule has 1 aliphatic rings. The summed E-state index contributed by atoms with van der Waals surface area (Å²) in [6.45, 7) is 0. The molecule has 0 bridgehead atoms. The van der Waals surface area contributed by atoms with E-state index in [1.54, 1.807) is 6.20 Å². The zero-order chi connectivity index (χ0) is 13.2. The highest BCUT2D eigenvalue weighted by Gasteiger charge is 2.25. The lowest BCUT2D eigenvalue weighted by atomic mass is 10.1. The molecular formula is C14H17N3OS. The van der Waals surface area contributed by atoms with E-state index < -0.39 is 0 Å². The summed E-state index contributed by atoms with van der Waals surface area (Å²) in [5.41, 5.74) is 1.60. The van der Waals surface area contributed by atoms with Crippen molar-refractivity contribution in [3.8, 4) is 0 Å². The van der Waals surface area contributed by atoms with Crippen LogP contribution in [0.4, 0.5) is 0 Å². The number of aromatic amines is 1. The number of H-pyrrole nitrogens is 1. The van der Waals surface area contributed by atoms with Gasteiger partial charge in [-0.2, -0.15) is 16.9 Å². The maximum absolute atomic E-state index is 12.2. The molecule has 2 N–H and O–H groups in total. The number of carbonyl (C=O) groups is 1. The van der Waals surface area contributed by atoms with Gasteiger partial charge >= 0.3 is 0 Å². The first-order valence-electron chi connectivity index (χ1n) is 6.53. The highest BCUT2D eigenvalue weighted by atomic mass is 32.2. The summed E-state index contributed by atoms with van der Waals surface area (Å²) in [5, 5.41) is 11.7. The van der Waals surface area contributed by atoms with Gasteiger partial charge in [-0.25, -0.2) is 0 Å². The maximum Gasteiger partial charge on any atom is 0.251 e. The molecule has 1 fully saturated rings. The van der Waals surface area contributed by atoms with E-state index in [2.05, 4.69) is 21.8 Å². The summed E-state index contributed by atoms with van der Waals surface area (Å²) in [6.07, 6.45) is 7.27. The number of carbonyl (C=O) groups excluding carboxylic acids is 1. The molecular weight excluding hydrogens is 258 g/mol. The molecule has 2 atom stereocenters. The lowest BCUT2D eigenvalue weighted by Gasteiger charge is -2.12. The van der Waals surface area contributed by atoms with E-state index in [-0.39, 0.29) is 5.91 Å². The third kappa shape index (κ3) is 2.61. The summed E-state index contributed by atoms with van der Waals surface area (Å²) in [7, 11) is 0. The Morgan fingerprint density at radius 3 is 3.16 bits per heavy atom. The van der Waals surface area contributed by atoms with E-state index >= 15 is 0 Å². The standard InChI is InChI=1S/C14H17N3OS/c1-19-12-5-4-11(7-12)16-14(18)9-2-3-10-8-15-17-13(10)6-9/h2-3,6,8,11-12H,4-5,7H2,1H3,(H,15,17)(H,16,18). The van der Waals surface area contributed by atoms with Gasteiger partial charge in [0, 0.05) is 22.2 Å². The van der Waals surface area contributed by atoms with Crippen LogP contribution in [-0.2, 0) is 0 Å². The molecule has 0 aliphatic heterocycles. The number of amides is 1. The van der Waals surface area contributed by atoms with Crippen molar-refractivity contribution in [2.75, 3.05) is 6.26 Å². The van der Waals surface area contributed by atoms with E-state index in [0.29, 0.717) is 16.9 Å². The van der Waals surface area contributed by atoms with Gasteiger partial charge in [0.1, 0.15) is 0 Å². The summed E-state index contributed by atoms with van der Waals surface area (Å²) < 4.78 is 0. The lowest BCUT2D eigenvalue weighted by Crippen LogP contribution is -2.33. The Balaban J connectivity index is 1.69. The number of aromatic nitrogens is 2. The van der Waals surface area contributed by atoms with Crippen molar-refractivity contribution < 1.29 is 4.79 Å². The number of nitrogens with zero attached hydrogens (tertiary/aromatic N) is 1. The number of fused-ring (bicyclic) bond motifs is 1. The normalized spacial score (nSPS) is 22.8. The molecule has 3 rings (SSSR count). The number of benzene rings is 1.